The summed E-state index contributed by atoms with van der Waals surface area (Å²) < 4.78 is 0. The molecule has 1 aliphatic rings. The van der Waals surface area contributed by atoms with Gasteiger partial charge in [-0.3, -0.25) is 0 Å². The average Bonchev–Trinajstić information content (AvgIpc) is 2.41. The van der Waals surface area contributed by atoms with Crippen LogP contribution in [0.2, 0.25) is 5.28 Å². The summed E-state index contributed by atoms with van der Waals surface area (Å²) in [5.74, 6) is 2.35. The molecule has 4 heteroatoms. The summed E-state index contributed by atoms with van der Waals surface area (Å²) in [6, 6.07) is 8.47. The molecule has 1 aliphatic carbocycles. The van der Waals surface area contributed by atoms with Crippen LogP contribution in [0, 0.1) is 11.8 Å². The van der Waals surface area contributed by atoms with E-state index in [-0.39, 0.29) is 0 Å². The maximum absolute atomic E-state index is 6.04. The lowest BCUT2D eigenvalue weighted by molar-refractivity contribution is 0.276. The van der Waals surface area contributed by atoms with Gasteiger partial charge in [0.25, 0.3) is 0 Å². The number of hydrogen-bond acceptors (Lipinski definition) is 3. The maximum Gasteiger partial charge on any atom is 0.224 e. The second kappa shape index (κ2) is 5.57. The maximum atomic E-state index is 6.04. The Labute approximate surface area is 124 Å². The first-order valence-corrected chi connectivity index (χ1v) is 7.70. The number of nitrogens with one attached hydrogen (secondary N) is 1. The molecular formula is C16H20ClN3. The number of anilines is 1. The first kappa shape index (κ1) is 13.6. The zero-order valence-electron chi connectivity index (χ0n) is 11.9. The van der Waals surface area contributed by atoms with Gasteiger partial charge in [0.15, 0.2) is 0 Å². The lowest BCUT2D eigenvalue weighted by Gasteiger charge is -2.33. The topological polar surface area (TPSA) is 37.8 Å². The number of benzene rings is 1. The van der Waals surface area contributed by atoms with Crippen LogP contribution in [0.25, 0.3) is 10.9 Å². The van der Waals surface area contributed by atoms with E-state index in [1.165, 1.54) is 19.3 Å². The van der Waals surface area contributed by atoms with Crippen molar-refractivity contribution in [1.82, 2.24) is 9.97 Å². The molecule has 3 nitrogen and oxygen atoms in total. The van der Waals surface area contributed by atoms with E-state index in [1.807, 2.05) is 24.3 Å². The molecule has 1 N–H and O–H groups in total. The molecule has 1 aromatic heterocycles. The molecule has 2 aromatic rings. The van der Waals surface area contributed by atoms with Gasteiger partial charge in [-0.05, 0) is 54.8 Å². The lowest BCUT2D eigenvalue weighted by Crippen LogP contribution is -2.33. The largest absolute Gasteiger partial charge is 0.366 e. The SMILES string of the molecule is CC1CCC(Nc2nc(Cl)nc3ccccc23)C(C)C1. The minimum absolute atomic E-state index is 0.308. The van der Waals surface area contributed by atoms with Gasteiger partial charge in [-0.25, -0.2) is 9.97 Å². The van der Waals surface area contributed by atoms with Gasteiger partial charge in [-0.1, -0.05) is 26.0 Å². The predicted molar refractivity (Wildman–Crippen MR) is 84.1 cm³/mol. The van der Waals surface area contributed by atoms with Crippen LogP contribution in [0.5, 0.6) is 0 Å². The van der Waals surface area contributed by atoms with Crippen molar-refractivity contribution in [1.29, 1.82) is 0 Å². The van der Waals surface area contributed by atoms with Crippen molar-refractivity contribution < 1.29 is 0 Å². The molecule has 3 unspecified atom stereocenters. The minimum atomic E-state index is 0.308. The number of fused-ring (bicyclic) bond motifs is 1. The molecular weight excluding hydrogens is 270 g/mol. The van der Waals surface area contributed by atoms with Gasteiger partial charge in [-0.15, -0.1) is 0 Å². The molecule has 1 saturated carbocycles. The lowest BCUT2D eigenvalue weighted by atomic mass is 9.80. The van der Waals surface area contributed by atoms with Gasteiger partial charge in [0.1, 0.15) is 5.82 Å². The van der Waals surface area contributed by atoms with Gasteiger partial charge >= 0.3 is 0 Å². The van der Waals surface area contributed by atoms with Crippen LogP contribution >= 0.6 is 11.6 Å². The Kier molecular flexibility index (Phi) is 3.79. The molecule has 1 aromatic carbocycles. The van der Waals surface area contributed by atoms with Crippen molar-refractivity contribution in [2.24, 2.45) is 11.8 Å². The Bertz CT molecular complexity index is 614. The third-order valence-electron chi connectivity index (χ3n) is 4.33. The third kappa shape index (κ3) is 2.73. The number of aromatic nitrogens is 2. The van der Waals surface area contributed by atoms with Crippen LogP contribution in [-0.4, -0.2) is 16.0 Å². The third-order valence-corrected chi connectivity index (χ3v) is 4.50. The second-order valence-corrected chi connectivity index (χ2v) is 6.34. The van der Waals surface area contributed by atoms with Crippen LogP contribution in [-0.2, 0) is 0 Å². The van der Waals surface area contributed by atoms with E-state index in [0.717, 1.165) is 22.6 Å². The van der Waals surface area contributed by atoms with Gasteiger partial charge in [0.05, 0.1) is 5.52 Å². The molecule has 106 valence electrons. The standard InChI is InChI=1S/C16H20ClN3/c1-10-7-8-13(11(2)9-10)18-15-12-5-3-4-6-14(12)19-16(17)20-15/h3-6,10-11,13H,7-9H2,1-2H3,(H,18,19,20). The monoisotopic (exact) mass is 289 g/mol. The first-order valence-electron chi connectivity index (χ1n) is 7.32. The smallest absolute Gasteiger partial charge is 0.224 e. The Hall–Kier alpha value is -1.35. The van der Waals surface area contributed by atoms with Crippen molar-refractivity contribution in [3.63, 3.8) is 0 Å². The van der Waals surface area contributed by atoms with Crippen molar-refractivity contribution in [2.75, 3.05) is 5.32 Å². The van der Waals surface area contributed by atoms with E-state index in [9.17, 15) is 0 Å². The number of nitrogens with zero attached hydrogens (tertiary/aromatic N) is 2. The number of hydrogen-bond donors (Lipinski definition) is 1. The Morgan fingerprint density at radius 1 is 1.15 bits per heavy atom. The summed E-state index contributed by atoms with van der Waals surface area (Å²) in [5.41, 5.74) is 0.895. The van der Waals surface area contributed by atoms with E-state index in [0.29, 0.717) is 17.2 Å². The molecule has 3 rings (SSSR count). The van der Waals surface area contributed by atoms with Crippen LogP contribution in [0.3, 0.4) is 0 Å². The zero-order valence-corrected chi connectivity index (χ0v) is 12.7. The highest BCUT2D eigenvalue weighted by Crippen LogP contribution is 2.32. The molecule has 0 saturated heterocycles. The van der Waals surface area contributed by atoms with Crippen LogP contribution in [0.4, 0.5) is 5.82 Å². The fraction of sp³-hybridized carbons (Fsp3) is 0.500. The summed E-state index contributed by atoms with van der Waals surface area (Å²) in [6.07, 6.45) is 3.74. The number of para-hydroxylation sites is 1. The second-order valence-electron chi connectivity index (χ2n) is 6.00. The summed E-state index contributed by atoms with van der Waals surface area (Å²) in [6.45, 7) is 4.65. The molecule has 0 spiro atoms. The number of rotatable bonds is 2. The highest BCUT2D eigenvalue weighted by Gasteiger charge is 2.26. The van der Waals surface area contributed by atoms with Gasteiger partial charge in [0, 0.05) is 11.4 Å². The van der Waals surface area contributed by atoms with E-state index in [4.69, 9.17) is 11.6 Å². The minimum Gasteiger partial charge on any atom is -0.366 e. The van der Waals surface area contributed by atoms with Crippen molar-refractivity contribution in [3.8, 4) is 0 Å². The van der Waals surface area contributed by atoms with Gasteiger partial charge < -0.3 is 5.32 Å². The molecule has 0 radical (unpaired) electrons. The van der Waals surface area contributed by atoms with E-state index < -0.39 is 0 Å². The predicted octanol–water partition coefficient (Wildman–Crippen LogP) is 4.52. The van der Waals surface area contributed by atoms with Crippen LogP contribution in [0.15, 0.2) is 24.3 Å². The highest BCUT2D eigenvalue weighted by molar-refractivity contribution is 6.28. The molecule has 1 fully saturated rings. The van der Waals surface area contributed by atoms with Crippen LogP contribution < -0.4 is 5.32 Å². The summed E-state index contributed by atoms with van der Waals surface area (Å²) in [7, 11) is 0. The fourth-order valence-electron chi connectivity index (χ4n) is 3.21. The Balaban J connectivity index is 1.90. The molecule has 20 heavy (non-hydrogen) atoms. The number of halogens is 1. The summed E-state index contributed by atoms with van der Waals surface area (Å²) >= 11 is 6.04. The Morgan fingerprint density at radius 3 is 2.75 bits per heavy atom. The molecule has 0 amide bonds. The highest BCUT2D eigenvalue weighted by atomic mass is 35.5. The zero-order chi connectivity index (χ0) is 14.1. The molecule has 3 atom stereocenters. The van der Waals surface area contributed by atoms with Crippen molar-refractivity contribution >= 4 is 28.3 Å². The molecule has 0 aliphatic heterocycles. The Morgan fingerprint density at radius 2 is 1.95 bits per heavy atom. The molecule has 1 heterocycles. The van der Waals surface area contributed by atoms with E-state index in [1.54, 1.807) is 0 Å². The van der Waals surface area contributed by atoms with Crippen molar-refractivity contribution in [3.05, 3.63) is 29.5 Å². The first-order chi connectivity index (χ1) is 9.63. The summed E-state index contributed by atoms with van der Waals surface area (Å²) in [4.78, 5) is 8.67. The van der Waals surface area contributed by atoms with Gasteiger partial charge in [-0.2, -0.15) is 0 Å². The van der Waals surface area contributed by atoms with Crippen LogP contribution in [0.1, 0.15) is 33.1 Å². The van der Waals surface area contributed by atoms with Crippen molar-refractivity contribution in [2.45, 2.75) is 39.2 Å². The molecule has 0 bridgehead atoms. The van der Waals surface area contributed by atoms with E-state index in [2.05, 4.69) is 29.1 Å². The quantitative estimate of drug-likeness (QED) is 0.826. The average molecular weight is 290 g/mol. The van der Waals surface area contributed by atoms with E-state index >= 15 is 0 Å². The summed E-state index contributed by atoms with van der Waals surface area (Å²) in [5, 5.41) is 4.95. The normalized spacial score (nSPS) is 26.6. The fourth-order valence-corrected chi connectivity index (χ4v) is 3.39. The van der Waals surface area contributed by atoms with Gasteiger partial charge in [0.2, 0.25) is 5.28 Å².